The van der Waals surface area contributed by atoms with Crippen LogP contribution in [0.5, 0.6) is 0 Å². The maximum Gasteiger partial charge on any atom is 0.327 e. The second-order valence-electron chi connectivity index (χ2n) is 6.37. The summed E-state index contributed by atoms with van der Waals surface area (Å²) < 4.78 is 0. The largest absolute Gasteiger partial charge is 0.481 e. The molecule has 0 spiro atoms. The minimum atomic E-state index is -1.18. The van der Waals surface area contributed by atoms with Crippen LogP contribution in [0, 0.1) is 5.92 Å². The average Bonchev–Trinajstić information content (AvgIpc) is 2.52. The van der Waals surface area contributed by atoms with Crippen LogP contribution in [0.25, 0.3) is 0 Å². The van der Waals surface area contributed by atoms with Gasteiger partial charge >= 0.3 is 11.9 Å². The predicted octanol–water partition coefficient (Wildman–Crippen LogP) is 2.38. The van der Waals surface area contributed by atoms with E-state index in [1.54, 1.807) is 6.92 Å². The highest BCUT2D eigenvalue weighted by Crippen LogP contribution is 2.18. The van der Waals surface area contributed by atoms with Crippen LogP contribution in [0.15, 0.2) is 24.3 Å². The molecule has 2 atom stereocenters. The molecule has 0 aliphatic carbocycles. The van der Waals surface area contributed by atoms with Crippen LogP contribution in [0.3, 0.4) is 0 Å². The first-order chi connectivity index (χ1) is 11.7. The van der Waals surface area contributed by atoms with E-state index in [2.05, 4.69) is 19.2 Å². The Kier molecular flexibility index (Phi) is 8.48. The summed E-state index contributed by atoms with van der Waals surface area (Å²) in [5.74, 6) is -2.72. The number of aliphatic carboxylic acids is 2. The zero-order valence-corrected chi connectivity index (χ0v) is 15.5. The molecule has 0 fully saturated rings. The number of rotatable bonds is 10. The van der Waals surface area contributed by atoms with Crippen LogP contribution in [-0.2, 0) is 20.8 Å². The van der Waals surface area contributed by atoms with Gasteiger partial charge in [-0.25, -0.2) is 4.79 Å². The van der Waals surface area contributed by atoms with Crippen molar-refractivity contribution in [1.82, 2.24) is 5.32 Å². The highest BCUT2D eigenvalue weighted by molar-refractivity contribution is 8.00. The maximum absolute atomic E-state index is 12.3. The lowest BCUT2D eigenvalue weighted by Crippen LogP contribution is -2.44. The number of hydrogen-bond acceptors (Lipinski definition) is 4. The van der Waals surface area contributed by atoms with Crippen molar-refractivity contribution in [2.45, 2.75) is 39.2 Å². The average molecular weight is 367 g/mol. The van der Waals surface area contributed by atoms with Crippen molar-refractivity contribution in [2.75, 3.05) is 11.5 Å². The second-order valence-corrected chi connectivity index (χ2v) is 7.40. The fraction of sp³-hybridized carbons (Fsp3) is 0.500. The molecule has 0 aromatic heterocycles. The molecule has 0 bridgehead atoms. The number of carbonyl (C=O) groups is 3. The molecule has 0 saturated carbocycles. The third-order valence-electron chi connectivity index (χ3n) is 3.64. The van der Waals surface area contributed by atoms with E-state index in [1.165, 1.54) is 5.56 Å². The molecule has 0 saturated heterocycles. The first-order valence-corrected chi connectivity index (χ1v) is 9.27. The van der Waals surface area contributed by atoms with Crippen LogP contribution in [0.4, 0.5) is 0 Å². The fourth-order valence-electron chi connectivity index (χ4n) is 2.30. The van der Waals surface area contributed by atoms with Gasteiger partial charge in [0.1, 0.15) is 6.04 Å². The maximum atomic E-state index is 12.3. The summed E-state index contributed by atoms with van der Waals surface area (Å²) in [7, 11) is 0. The number of nitrogens with one attached hydrogen (secondary N) is 1. The third-order valence-corrected chi connectivity index (χ3v) is 4.66. The Morgan fingerprint density at radius 2 is 1.68 bits per heavy atom. The number of amides is 1. The zero-order chi connectivity index (χ0) is 19.0. The standard InChI is InChI=1S/C18H25NO5S/c1-11(2)8-13-4-6-14(7-5-13)12(3)17(22)19-15(18(23)24)9-25-10-16(20)21/h4-7,11-12,15H,8-10H2,1-3H3,(H,19,22)(H,20,21)(H,23,24)/t12-,15+/m1/s1. The van der Waals surface area contributed by atoms with E-state index in [1.807, 2.05) is 24.3 Å². The summed E-state index contributed by atoms with van der Waals surface area (Å²) >= 11 is 0.960. The van der Waals surface area contributed by atoms with Gasteiger partial charge in [0.05, 0.1) is 11.7 Å². The minimum Gasteiger partial charge on any atom is -0.481 e. The van der Waals surface area contributed by atoms with Gasteiger partial charge in [-0.05, 0) is 30.4 Å². The Labute approximate surface area is 152 Å². The van der Waals surface area contributed by atoms with Crippen LogP contribution >= 0.6 is 11.8 Å². The lowest BCUT2D eigenvalue weighted by molar-refractivity contribution is -0.141. The molecule has 3 N–H and O–H groups in total. The Balaban J connectivity index is 2.66. The fourth-order valence-corrected chi connectivity index (χ4v) is 3.05. The van der Waals surface area contributed by atoms with Crippen molar-refractivity contribution in [1.29, 1.82) is 0 Å². The first-order valence-electron chi connectivity index (χ1n) is 8.12. The molecule has 1 amide bonds. The van der Waals surface area contributed by atoms with Gasteiger partial charge in [0, 0.05) is 5.75 Å². The van der Waals surface area contributed by atoms with Crippen molar-refractivity contribution in [2.24, 2.45) is 5.92 Å². The minimum absolute atomic E-state index is 0.00736. The van der Waals surface area contributed by atoms with E-state index in [9.17, 15) is 19.5 Å². The van der Waals surface area contributed by atoms with Crippen molar-refractivity contribution in [3.8, 4) is 0 Å². The first kappa shape index (κ1) is 21.0. The van der Waals surface area contributed by atoms with Crippen LogP contribution < -0.4 is 5.32 Å². The van der Waals surface area contributed by atoms with E-state index in [0.717, 1.165) is 23.7 Å². The Bertz CT molecular complexity index is 600. The normalized spacial score (nSPS) is 13.3. The molecule has 7 heteroatoms. The summed E-state index contributed by atoms with van der Waals surface area (Å²) in [5, 5.41) is 20.3. The van der Waals surface area contributed by atoms with Crippen LogP contribution in [0.2, 0.25) is 0 Å². The Morgan fingerprint density at radius 1 is 1.08 bits per heavy atom. The number of hydrogen-bond donors (Lipinski definition) is 3. The molecule has 0 aliphatic rings. The summed E-state index contributed by atoms with van der Waals surface area (Å²) in [6, 6.07) is 6.63. The SMILES string of the molecule is CC(C)Cc1ccc([C@@H](C)C(=O)N[C@@H](CSCC(=O)O)C(=O)O)cc1. The van der Waals surface area contributed by atoms with Gasteiger partial charge in [-0.2, -0.15) is 0 Å². The van der Waals surface area contributed by atoms with Gasteiger partial charge in [-0.3, -0.25) is 9.59 Å². The van der Waals surface area contributed by atoms with Gasteiger partial charge in [0.15, 0.2) is 0 Å². The van der Waals surface area contributed by atoms with E-state index in [4.69, 9.17) is 5.11 Å². The number of carboxylic acids is 2. The third kappa shape index (κ3) is 7.60. The number of carboxylic acid groups (broad SMARTS) is 2. The molecule has 1 rings (SSSR count). The van der Waals surface area contributed by atoms with Gasteiger partial charge < -0.3 is 15.5 Å². The molecule has 0 heterocycles. The number of thioether (sulfide) groups is 1. The van der Waals surface area contributed by atoms with E-state index >= 15 is 0 Å². The molecule has 138 valence electrons. The summed E-state index contributed by atoms with van der Waals surface area (Å²) in [6.45, 7) is 5.99. The summed E-state index contributed by atoms with van der Waals surface area (Å²) in [5.41, 5.74) is 2.01. The van der Waals surface area contributed by atoms with Crippen molar-refractivity contribution in [3.05, 3.63) is 35.4 Å². The van der Waals surface area contributed by atoms with E-state index in [0.29, 0.717) is 5.92 Å². The van der Waals surface area contributed by atoms with Gasteiger partial charge in [0.25, 0.3) is 0 Å². The molecule has 25 heavy (non-hydrogen) atoms. The second kappa shape index (κ2) is 10.1. The van der Waals surface area contributed by atoms with Crippen LogP contribution in [0.1, 0.15) is 37.8 Å². The van der Waals surface area contributed by atoms with E-state index < -0.39 is 23.9 Å². The molecule has 0 unspecified atom stereocenters. The van der Waals surface area contributed by atoms with Gasteiger partial charge in [0.2, 0.25) is 5.91 Å². The lowest BCUT2D eigenvalue weighted by atomic mass is 9.96. The Morgan fingerprint density at radius 3 is 2.16 bits per heavy atom. The van der Waals surface area contributed by atoms with Crippen LogP contribution in [-0.4, -0.2) is 45.6 Å². The predicted molar refractivity (Wildman–Crippen MR) is 97.9 cm³/mol. The van der Waals surface area contributed by atoms with Gasteiger partial charge in [-0.1, -0.05) is 38.1 Å². The molecular weight excluding hydrogens is 342 g/mol. The quantitative estimate of drug-likeness (QED) is 0.587. The zero-order valence-electron chi connectivity index (χ0n) is 14.7. The smallest absolute Gasteiger partial charge is 0.327 e. The Hall–Kier alpha value is -2.02. The van der Waals surface area contributed by atoms with Crippen molar-refractivity contribution >= 4 is 29.6 Å². The van der Waals surface area contributed by atoms with Crippen molar-refractivity contribution < 1.29 is 24.6 Å². The molecule has 6 nitrogen and oxygen atoms in total. The summed E-state index contributed by atoms with van der Waals surface area (Å²) in [6.07, 6.45) is 0.961. The molecule has 0 radical (unpaired) electrons. The van der Waals surface area contributed by atoms with E-state index in [-0.39, 0.29) is 17.4 Å². The topological polar surface area (TPSA) is 104 Å². The molecule has 1 aromatic rings. The van der Waals surface area contributed by atoms with Gasteiger partial charge in [-0.15, -0.1) is 11.8 Å². The highest BCUT2D eigenvalue weighted by Gasteiger charge is 2.24. The molecule has 1 aromatic carbocycles. The number of benzene rings is 1. The molecule has 0 aliphatic heterocycles. The summed E-state index contributed by atoms with van der Waals surface area (Å²) in [4.78, 5) is 34.1. The van der Waals surface area contributed by atoms with Crippen molar-refractivity contribution in [3.63, 3.8) is 0 Å². The monoisotopic (exact) mass is 367 g/mol. The molecular formula is C18H25NO5S. The number of carbonyl (C=O) groups excluding carboxylic acids is 1. The highest BCUT2D eigenvalue weighted by atomic mass is 32.2. The lowest BCUT2D eigenvalue weighted by Gasteiger charge is -2.18.